The van der Waals surface area contributed by atoms with E-state index in [0.29, 0.717) is 5.57 Å². The molecule has 5 N–H and O–H groups in total. The van der Waals surface area contributed by atoms with E-state index < -0.39 is 11.6 Å². The predicted molar refractivity (Wildman–Crippen MR) is 48.2 cm³/mol. The van der Waals surface area contributed by atoms with E-state index in [2.05, 4.69) is 11.9 Å². The molecule has 13 heavy (non-hydrogen) atoms. The summed E-state index contributed by atoms with van der Waals surface area (Å²) in [5.74, 6) is -0.623. The third-order valence-electron chi connectivity index (χ3n) is 2.04. The normalized spacial score (nSPS) is 30.8. The summed E-state index contributed by atoms with van der Waals surface area (Å²) in [5, 5.41) is 19.1. The zero-order valence-corrected chi connectivity index (χ0v) is 7.42. The van der Waals surface area contributed by atoms with Gasteiger partial charge in [-0.05, 0) is 12.5 Å². The first-order valence-corrected chi connectivity index (χ1v) is 3.91. The smallest absolute Gasteiger partial charge is 0.191 e. The molecule has 1 aliphatic carbocycles. The quantitative estimate of drug-likeness (QED) is 0.259. The number of hydrogen-bond acceptors (Lipinski definition) is 3. The maximum Gasteiger partial charge on any atom is 0.191 e. The summed E-state index contributed by atoms with van der Waals surface area (Å²) in [6.07, 6.45) is 0.290. The Kier molecular flexibility index (Phi) is 2.13. The van der Waals surface area contributed by atoms with E-state index in [1.165, 1.54) is 0 Å². The topological polar surface area (TPSA) is 99.2 Å². The van der Waals surface area contributed by atoms with Crippen LogP contribution >= 0.6 is 0 Å². The van der Waals surface area contributed by atoms with Crippen LogP contribution in [0.25, 0.3) is 0 Å². The zero-order valence-electron chi connectivity index (χ0n) is 7.42. The molecule has 0 aromatic heterocycles. The molecule has 0 aromatic rings. The van der Waals surface area contributed by atoms with E-state index in [-0.39, 0.29) is 18.2 Å². The van der Waals surface area contributed by atoms with Crippen LogP contribution in [0.1, 0.15) is 13.3 Å². The van der Waals surface area contributed by atoms with Crippen LogP contribution in [-0.4, -0.2) is 28.5 Å². The second-order valence-electron chi connectivity index (χ2n) is 3.35. The highest BCUT2D eigenvalue weighted by atomic mass is 16.3. The average molecular weight is 183 g/mol. The molecule has 1 saturated carbocycles. The minimum atomic E-state index is -1.39. The fraction of sp³-hybridized carbons (Fsp3) is 0.500. The second-order valence-corrected chi connectivity index (χ2v) is 3.35. The number of Topliss-reactive ketones (excluding diaryl/α,β-unsaturated/α-hetero) is 1. The number of carbonyl (C=O) groups is 1. The Morgan fingerprint density at radius 1 is 1.85 bits per heavy atom. The number of nitrogens with two attached hydrogens (primary N) is 1. The lowest BCUT2D eigenvalue weighted by Crippen LogP contribution is -2.39. The fourth-order valence-electron chi connectivity index (χ4n) is 1.23. The van der Waals surface area contributed by atoms with Crippen LogP contribution in [0.2, 0.25) is 0 Å². The third kappa shape index (κ3) is 1.70. The first-order valence-electron chi connectivity index (χ1n) is 3.91. The largest absolute Gasteiger partial charge is 0.379 e. The van der Waals surface area contributed by atoms with Crippen LogP contribution in [0.4, 0.5) is 0 Å². The molecule has 2 unspecified atom stereocenters. The summed E-state index contributed by atoms with van der Waals surface area (Å²) in [7, 11) is 0. The van der Waals surface area contributed by atoms with Gasteiger partial charge in [0.05, 0.1) is 6.04 Å². The van der Waals surface area contributed by atoms with Crippen molar-refractivity contribution < 1.29 is 9.90 Å². The molecule has 2 atom stereocenters. The molecule has 1 aliphatic rings. The van der Waals surface area contributed by atoms with Crippen molar-refractivity contribution in [3.05, 3.63) is 12.2 Å². The lowest BCUT2D eigenvalue weighted by atomic mass is 10.1. The second kappa shape index (κ2) is 2.85. The molecule has 0 amide bonds. The van der Waals surface area contributed by atoms with Gasteiger partial charge in [-0.3, -0.25) is 10.2 Å². The van der Waals surface area contributed by atoms with Crippen molar-refractivity contribution in [2.45, 2.75) is 25.0 Å². The van der Waals surface area contributed by atoms with Crippen LogP contribution in [0, 0.1) is 5.41 Å². The number of ketones is 1. The Balaban J connectivity index is 2.59. The summed E-state index contributed by atoms with van der Waals surface area (Å²) >= 11 is 0. The zero-order chi connectivity index (χ0) is 10.2. The molecule has 0 aliphatic heterocycles. The van der Waals surface area contributed by atoms with Crippen molar-refractivity contribution in [2.24, 2.45) is 5.73 Å². The van der Waals surface area contributed by atoms with Gasteiger partial charge in [0.2, 0.25) is 0 Å². The number of rotatable bonds is 3. The maximum atomic E-state index is 11.3. The van der Waals surface area contributed by atoms with E-state index in [9.17, 15) is 9.90 Å². The van der Waals surface area contributed by atoms with Gasteiger partial charge in [-0.25, -0.2) is 0 Å². The molecule has 0 aromatic carbocycles. The van der Waals surface area contributed by atoms with E-state index >= 15 is 0 Å². The summed E-state index contributed by atoms with van der Waals surface area (Å²) in [4.78, 5) is 11.3. The molecule has 0 saturated heterocycles. The lowest BCUT2D eigenvalue weighted by molar-refractivity contribution is -0.125. The molecule has 72 valence electrons. The van der Waals surface area contributed by atoms with Gasteiger partial charge >= 0.3 is 0 Å². The molecule has 0 heterocycles. The molecule has 0 bridgehead atoms. The highest BCUT2D eigenvalue weighted by molar-refractivity contribution is 6.04. The molecule has 1 rings (SSSR count). The van der Waals surface area contributed by atoms with Gasteiger partial charge in [0, 0.05) is 6.42 Å². The first-order chi connectivity index (χ1) is 5.88. The van der Waals surface area contributed by atoms with Gasteiger partial charge in [0.25, 0.3) is 0 Å². The molecule has 5 nitrogen and oxygen atoms in total. The van der Waals surface area contributed by atoms with Crippen molar-refractivity contribution in [3.63, 3.8) is 0 Å². The summed E-state index contributed by atoms with van der Waals surface area (Å²) in [6, 6.07) is -0.436. The molecule has 5 heteroatoms. The lowest BCUT2D eigenvalue weighted by Gasteiger charge is -2.09. The van der Waals surface area contributed by atoms with Gasteiger partial charge in [-0.2, -0.15) is 0 Å². The van der Waals surface area contributed by atoms with E-state index in [0.717, 1.165) is 0 Å². The number of carbonyl (C=O) groups excluding carboxylic acids is 1. The Morgan fingerprint density at radius 3 is 2.77 bits per heavy atom. The standard InChI is InChI=1S/C8H13N3O2/c1-4(2)6(12)8(13)3-5(8)11-7(9)10/h5,13H,1,3H2,2H3,(H4,9,10,11). The highest BCUT2D eigenvalue weighted by Crippen LogP contribution is 2.38. The Morgan fingerprint density at radius 2 is 2.38 bits per heavy atom. The van der Waals surface area contributed by atoms with Gasteiger partial charge in [0.15, 0.2) is 11.7 Å². The highest BCUT2D eigenvalue weighted by Gasteiger charge is 2.59. The number of nitrogens with one attached hydrogen (secondary N) is 2. The van der Waals surface area contributed by atoms with Crippen molar-refractivity contribution in [2.75, 3.05) is 0 Å². The number of guanidine groups is 1. The van der Waals surface area contributed by atoms with E-state index in [1.54, 1.807) is 6.92 Å². The summed E-state index contributed by atoms with van der Waals surface area (Å²) in [5.41, 5.74) is 3.98. The fourth-order valence-corrected chi connectivity index (χ4v) is 1.23. The van der Waals surface area contributed by atoms with Gasteiger partial charge < -0.3 is 16.2 Å². The number of hydrogen-bond donors (Lipinski definition) is 4. The van der Waals surface area contributed by atoms with Crippen LogP contribution in [0.15, 0.2) is 12.2 Å². The van der Waals surface area contributed by atoms with Crippen LogP contribution in [0.3, 0.4) is 0 Å². The van der Waals surface area contributed by atoms with Crippen LogP contribution in [0.5, 0.6) is 0 Å². The van der Waals surface area contributed by atoms with E-state index in [4.69, 9.17) is 11.1 Å². The van der Waals surface area contributed by atoms with Crippen LogP contribution in [-0.2, 0) is 4.79 Å². The Hall–Kier alpha value is -1.36. The van der Waals surface area contributed by atoms with Gasteiger partial charge in [0.1, 0.15) is 5.60 Å². The van der Waals surface area contributed by atoms with Crippen molar-refractivity contribution >= 4 is 11.7 Å². The van der Waals surface area contributed by atoms with Crippen molar-refractivity contribution in [1.29, 1.82) is 5.41 Å². The molecule has 0 spiro atoms. The summed E-state index contributed by atoms with van der Waals surface area (Å²) in [6.45, 7) is 5.00. The summed E-state index contributed by atoms with van der Waals surface area (Å²) < 4.78 is 0. The van der Waals surface area contributed by atoms with Gasteiger partial charge in [-0.1, -0.05) is 6.58 Å². The van der Waals surface area contributed by atoms with Crippen LogP contribution < -0.4 is 11.1 Å². The minimum Gasteiger partial charge on any atom is -0.379 e. The molecule has 0 radical (unpaired) electrons. The average Bonchev–Trinajstić information content (AvgIpc) is 2.60. The Labute approximate surface area is 76.1 Å². The Bertz CT molecular complexity index is 287. The number of aliphatic hydroxyl groups is 1. The molecular formula is C8H13N3O2. The third-order valence-corrected chi connectivity index (χ3v) is 2.04. The first kappa shape index (κ1) is 9.73. The maximum absolute atomic E-state index is 11.3. The van der Waals surface area contributed by atoms with Gasteiger partial charge in [-0.15, -0.1) is 0 Å². The van der Waals surface area contributed by atoms with E-state index in [1.807, 2.05) is 0 Å². The molecule has 1 fully saturated rings. The van der Waals surface area contributed by atoms with Crippen molar-refractivity contribution in [3.8, 4) is 0 Å². The predicted octanol–water partition coefficient (Wildman–Crippen LogP) is -0.882. The molecular weight excluding hydrogens is 170 g/mol. The SMILES string of the molecule is C=C(C)C(=O)C1(O)CC1NC(=N)N. The van der Waals surface area contributed by atoms with Crippen molar-refractivity contribution in [1.82, 2.24) is 5.32 Å². The monoisotopic (exact) mass is 183 g/mol. The minimum absolute atomic E-state index is 0.240.